The maximum Gasteiger partial charge on any atom is 0.0545 e. The van der Waals surface area contributed by atoms with Gasteiger partial charge in [0.15, 0.2) is 0 Å². The first-order valence-electron chi connectivity index (χ1n) is 2.55. The predicted molar refractivity (Wildman–Crippen MR) is 33.1 cm³/mol. The Hall–Kier alpha value is 0.580. The Morgan fingerprint density at radius 3 is 1.71 bits per heavy atom. The summed E-state index contributed by atoms with van der Waals surface area (Å²) in [5.41, 5.74) is 0. The third kappa shape index (κ3) is 0.872. The Bertz CT molecular complexity index is 64.5. The van der Waals surface area contributed by atoms with Gasteiger partial charge in [-0.05, 0) is 5.92 Å². The minimum Gasteiger partial charge on any atom is -0.121 e. The van der Waals surface area contributed by atoms with Crippen LogP contribution in [0, 0.1) is 5.92 Å². The lowest BCUT2D eigenvalue weighted by Gasteiger charge is -1.78. The smallest absolute Gasteiger partial charge is 0.0545 e. The molecule has 1 saturated carbocycles. The molecular formula is C5H8Cl2. The molecule has 7 heavy (non-hydrogen) atoms. The quantitative estimate of drug-likeness (QED) is 0.488. The van der Waals surface area contributed by atoms with Gasteiger partial charge in [0.1, 0.15) is 0 Å². The van der Waals surface area contributed by atoms with Crippen LogP contribution >= 0.6 is 23.2 Å². The summed E-state index contributed by atoms with van der Waals surface area (Å²) in [5.74, 6) is 0.600. The van der Waals surface area contributed by atoms with Crippen LogP contribution in [-0.4, -0.2) is 10.8 Å². The predicted octanol–water partition coefficient (Wildman–Crippen LogP) is 2.24. The van der Waals surface area contributed by atoms with Crippen LogP contribution in [0.5, 0.6) is 0 Å². The zero-order valence-corrected chi connectivity index (χ0v) is 5.71. The van der Waals surface area contributed by atoms with Crippen molar-refractivity contribution in [2.24, 2.45) is 5.92 Å². The van der Waals surface area contributed by atoms with Crippen molar-refractivity contribution < 1.29 is 0 Å². The van der Waals surface area contributed by atoms with Crippen molar-refractivity contribution in [3.05, 3.63) is 0 Å². The van der Waals surface area contributed by atoms with Crippen LogP contribution in [0.2, 0.25) is 0 Å². The van der Waals surface area contributed by atoms with Gasteiger partial charge in [-0.2, -0.15) is 0 Å². The van der Waals surface area contributed by atoms with E-state index in [2.05, 4.69) is 6.92 Å². The minimum absolute atomic E-state index is 0.270. The maximum atomic E-state index is 5.67. The SMILES string of the molecule is CCC1C(Cl)C1Cl. The van der Waals surface area contributed by atoms with Gasteiger partial charge in [-0.15, -0.1) is 23.2 Å². The molecule has 0 radical (unpaired) electrons. The van der Waals surface area contributed by atoms with Gasteiger partial charge in [-0.3, -0.25) is 0 Å². The van der Waals surface area contributed by atoms with Gasteiger partial charge in [-0.25, -0.2) is 0 Å². The van der Waals surface area contributed by atoms with Crippen molar-refractivity contribution >= 4 is 23.2 Å². The third-order valence-corrected chi connectivity index (χ3v) is 2.77. The summed E-state index contributed by atoms with van der Waals surface area (Å²) in [5, 5.41) is 0.540. The zero-order chi connectivity index (χ0) is 5.44. The van der Waals surface area contributed by atoms with E-state index >= 15 is 0 Å². The molecule has 0 aromatic heterocycles. The van der Waals surface area contributed by atoms with Crippen LogP contribution in [0.1, 0.15) is 13.3 Å². The standard InChI is InChI=1S/C5H8Cl2/c1-2-3-4(6)5(3)7/h3-5H,2H2,1H3. The number of rotatable bonds is 1. The Morgan fingerprint density at radius 1 is 1.29 bits per heavy atom. The van der Waals surface area contributed by atoms with Gasteiger partial charge in [-0.1, -0.05) is 13.3 Å². The van der Waals surface area contributed by atoms with E-state index in [0.29, 0.717) is 5.92 Å². The highest BCUT2D eigenvalue weighted by molar-refractivity contribution is 6.34. The number of halogens is 2. The Labute approximate surface area is 53.8 Å². The average Bonchev–Trinajstić information content (AvgIpc) is 2.17. The molecule has 0 aromatic rings. The summed E-state index contributed by atoms with van der Waals surface area (Å²) in [4.78, 5) is 0. The fourth-order valence-electron chi connectivity index (χ4n) is 0.743. The second-order valence-corrected chi connectivity index (χ2v) is 2.97. The monoisotopic (exact) mass is 138 g/mol. The molecule has 1 aliphatic carbocycles. The molecule has 2 atom stereocenters. The second kappa shape index (κ2) is 1.83. The van der Waals surface area contributed by atoms with E-state index in [0.717, 1.165) is 6.42 Å². The van der Waals surface area contributed by atoms with Gasteiger partial charge in [0, 0.05) is 0 Å². The highest BCUT2D eigenvalue weighted by Gasteiger charge is 2.45. The van der Waals surface area contributed by atoms with E-state index in [1.165, 1.54) is 0 Å². The van der Waals surface area contributed by atoms with Crippen molar-refractivity contribution in [1.29, 1.82) is 0 Å². The molecule has 2 heteroatoms. The Morgan fingerprint density at radius 2 is 1.71 bits per heavy atom. The molecule has 42 valence electrons. The molecule has 0 spiro atoms. The fourth-order valence-corrected chi connectivity index (χ4v) is 1.69. The van der Waals surface area contributed by atoms with Gasteiger partial charge < -0.3 is 0 Å². The molecule has 1 rings (SSSR count). The molecule has 0 saturated heterocycles. The van der Waals surface area contributed by atoms with Crippen molar-refractivity contribution in [2.75, 3.05) is 0 Å². The number of hydrogen-bond acceptors (Lipinski definition) is 0. The summed E-state index contributed by atoms with van der Waals surface area (Å²) < 4.78 is 0. The van der Waals surface area contributed by atoms with E-state index in [9.17, 15) is 0 Å². The Kier molecular flexibility index (Phi) is 1.49. The summed E-state index contributed by atoms with van der Waals surface area (Å²) in [7, 11) is 0. The molecule has 1 aliphatic rings. The maximum absolute atomic E-state index is 5.67. The summed E-state index contributed by atoms with van der Waals surface area (Å²) in [6, 6.07) is 0. The topological polar surface area (TPSA) is 0 Å². The first-order valence-corrected chi connectivity index (χ1v) is 3.42. The lowest BCUT2D eigenvalue weighted by Crippen LogP contribution is -1.71. The molecule has 0 amide bonds. The van der Waals surface area contributed by atoms with E-state index < -0.39 is 0 Å². The third-order valence-electron chi connectivity index (χ3n) is 1.45. The second-order valence-electron chi connectivity index (χ2n) is 1.96. The van der Waals surface area contributed by atoms with Crippen LogP contribution in [0.15, 0.2) is 0 Å². The van der Waals surface area contributed by atoms with Gasteiger partial charge in [0.2, 0.25) is 0 Å². The molecular weight excluding hydrogens is 131 g/mol. The minimum atomic E-state index is 0.270. The first kappa shape index (κ1) is 5.71. The van der Waals surface area contributed by atoms with Crippen LogP contribution in [-0.2, 0) is 0 Å². The highest BCUT2D eigenvalue weighted by atomic mass is 35.5. The van der Waals surface area contributed by atoms with Gasteiger partial charge in [0.05, 0.1) is 10.8 Å². The molecule has 0 nitrogen and oxygen atoms in total. The molecule has 0 N–H and O–H groups in total. The number of hydrogen-bond donors (Lipinski definition) is 0. The zero-order valence-electron chi connectivity index (χ0n) is 4.20. The highest BCUT2D eigenvalue weighted by Crippen LogP contribution is 2.43. The van der Waals surface area contributed by atoms with Crippen LogP contribution in [0.25, 0.3) is 0 Å². The van der Waals surface area contributed by atoms with Gasteiger partial charge >= 0.3 is 0 Å². The van der Waals surface area contributed by atoms with E-state index in [-0.39, 0.29) is 10.8 Å². The average molecular weight is 139 g/mol. The summed E-state index contributed by atoms with van der Waals surface area (Å²) >= 11 is 11.3. The van der Waals surface area contributed by atoms with Crippen molar-refractivity contribution in [2.45, 2.75) is 24.1 Å². The Balaban J connectivity index is 2.24. The lowest BCUT2D eigenvalue weighted by atomic mass is 10.3. The first-order chi connectivity index (χ1) is 3.27. The normalized spacial score (nSPS) is 49.3. The van der Waals surface area contributed by atoms with Crippen LogP contribution in [0.4, 0.5) is 0 Å². The largest absolute Gasteiger partial charge is 0.121 e. The van der Waals surface area contributed by atoms with E-state index in [1.807, 2.05) is 0 Å². The fraction of sp³-hybridized carbons (Fsp3) is 1.00. The molecule has 1 fully saturated rings. The van der Waals surface area contributed by atoms with E-state index in [4.69, 9.17) is 23.2 Å². The van der Waals surface area contributed by atoms with Crippen molar-refractivity contribution in [1.82, 2.24) is 0 Å². The lowest BCUT2D eigenvalue weighted by molar-refractivity contribution is 0.803. The van der Waals surface area contributed by atoms with Crippen molar-refractivity contribution in [3.63, 3.8) is 0 Å². The summed E-state index contributed by atoms with van der Waals surface area (Å²) in [6.45, 7) is 2.11. The molecule has 0 heterocycles. The van der Waals surface area contributed by atoms with E-state index in [1.54, 1.807) is 0 Å². The molecule has 2 unspecified atom stereocenters. The molecule has 0 aliphatic heterocycles. The van der Waals surface area contributed by atoms with Gasteiger partial charge in [0.25, 0.3) is 0 Å². The van der Waals surface area contributed by atoms with Crippen molar-refractivity contribution in [3.8, 4) is 0 Å². The molecule has 0 aromatic carbocycles. The summed E-state index contributed by atoms with van der Waals surface area (Å²) in [6.07, 6.45) is 1.13. The van der Waals surface area contributed by atoms with Crippen LogP contribution in [0.3, 0.4) is 0 Å². The van der Waals surface area contributed by atoms with Crippen LogP contribution < -0.4 is 0 Å². The molecule has 0 bridgehead atoms. The number of alkyl halides is 2.